The van der Waals surface area contributed by atoms with E-state index in [1.165, 1.54) is 0 Å². The van der Waals surface area contributed by atoms with E-state index in [1.54, 1.807) is 12.1 Å². The number of hydrogen-bond acceptors (Lipinski definition) is 5. The van der Waals surface area contributed by atoms with Gasteiger partial charge in [-0.1, -0.05) is 28.9 Å². The summed E-state index contributed by atoms with van der Waals surface area (Å²) in [5, 5.41) is 16.0. The summed E-state index contributed by atoms with van der Waals surface area (Å²) < 4.78 is 5.10. The third-order valence-corrected chi connectivity index (χ3v) is 2.81. The van der Waals surface area contributed by atoms with Crippen LogP contribution < -0.4 is 5.32 Å². The maximum atomic E-state index is 10.3. The SMILES string of the molecule is O=C(O)CCCNCc1nc(-c2cccc(Cl)c2)no1. The number of rotatable bonds is 7. The minimum absolute atomic E-state index is 0.143. The largest absolute Gasteiger partial charge is 0.481 e. The molecule has 20 heavy (non-hydrogen) atoms. The van der Waals surface area contributed by atoms with E-state index >= 15 is 0 Å². The summed E-state index contributed by atoms with van der Waals surface area (Å²) >= 11 is 5.90. The number of aromatic nitrogens is 2. The van der Waals surface area contributed by atoms with Crippen LogP contribution in [-0.4, -0.2) is 27.8 Å². The fourth-order valence-corrected chi connectivity index (χ4v) is 1.82. The molecule has 0 aliphatic rings. The van der Waals surface area contributed by atoms with E-state index in [0.717, 1.165) is 5.56 Å². The van der Waals surface area contributed by atoms with E-state index in [2.05, 4.69) is 15.5 Å². The molecule has 0 aliphatic carbocycles. The standard InChI is InChI=1S/C13H14ClN3O3/c14-10-4-1-3-9(7-10)13-16-11(20-17-13)8-15-6-2-5-12(18)19/h1,3-4,7,15H,2,5-6,8H2,(H,18,19). The van der Waals surface area contributed by atoms with E-state index < -0.39 is 5.97 Å². The van der Waals surface area contributed by atoms with Crippen molar-refractivity contribution in [3.63, 3.8) is 0 Å². The molecule has 0 aliphatic heterocycles. The lowest BCUT2D eigenvalue weighted by atomic mass is 10.2. The number of hydrogen-bond donors (Lipinski definition) is 2. The summed E-state index contributed by atoms with van der Waals surface area (Å²) in [6.45, 7) is 0.994. The van der Waals surface area contributed by atoms with Crippen molar-refractivity contribution >= 4 is 17.6 Å². The van der Waals surface area contributed by atoms with Crippen LogP contribution in [0, 0.1) is 0 Å². The number of carboxylic acid groups (broad SMARTS) is 1. The van der Waals surface area contributed by atoms with Crippen LogP contribution >= 0.6 is 11.6 Å². The molecular formula is C13H14ClN3O3. The predicted molar refractivity (Wildman–Crippen MR) is 73.3 cm³/mol. The van der Waals surface area contributed by atoms with E-state index in [9.17, 15) is 4.79 Å². The molecule has 0 unspecified atom stereocenters. The molecule has 0 fully saturated rings. The molecule has 7 heteroatoms. The van der Waals surface area contributed by atoms with Crippen molar-refractivity contribution in [1.82, 2.24) is 15.5 Å². The fraction of sp³-hybridized carbons (Fsp3) is 0.308. The van der Waals surface area contributed by atoms with Crippen molar-refractivity contribution in [2.24, 2.45) is 0 Å². The molecular weight excluding hydrogens is 282 g/mol. The number of halogens is 1. The molecule has 6 nitrogen and oxygen atoms in total. The molecule has 106 valence electrons. The van der Waals surface area contributed by atoms with Crippen LogP contribution in [0.25, 0.3) is 11.4 Å². The van der Waals surface area contributed by atoms with Crippen LogP contribution in [0.3, 0.4) is 0 Å². The molecule has 0 spiro atoms. The summed E-state index contributed by atoms with van der Waals surface area (Å²) in [6, 6.07) is 7.20. The molecule has 0 bridgehead atoms. The Labute approximate surface area is 120 Å². The molecule has 2 rings (SSSR count). The fourth-order valence-electron chi connectivity index (χ4n) is 1.63. The Morgan fingerprint density at radius 1 is 1.45 bits per heavy atom. The first kappa shape index (κ1) is 14.5. The van der Waals surface area contributed by atoms with Gasteiger partial charge in [-0.05, 0) is 25.1 Å². The maximum Gasteiger partial charge on any atom is 0.303 e. The van der Waals surface area contributed by atoms with Gasteiger partial charge >= 0.3 is 5.97 Å². The van der Waals surface area contributed by atoms with Crippen molar-refractivity contribution in [2.45, 2.75) is 19.4 Å². The minimum Gasteiger partial charge on any atom is -0.481 e. The third-order valence-electron chi connectivity index (χ3n) is 2.57. The third kappa shape index (κ3) is 4.32. The Balaban J connectivity index is 1.85. The first-order valence-electron chi connectivity index (χ1n) is 6.16. The lowest BCUT2D eigenvalue weighted by molar-refractivity contribution is -0.137. The van der Waals surface area contributed by atoms with Gasteiger partial charge in [0.15, 0.2) is 0 Å². The van der Waals surface area contributed by atoms with E-state index in [-0.39, 0.29) is 6.42 Å². The highest BCUT2D eigenvalue weighted by molar-refractivity contribution is 6.30. The molecule has 0 saturated heterocycles. The summed E-state index contributed by atoms with van der Waals surface area (Å²) in [5.41, 5.74) is 0.790. The summed E-state index contributed by atoms with van der Waals surface area (Å²) in [6.07, 6.45) is 0.704. The zero-order valence-electron chi connectivity index (χ0n) is 10.7. The van der Waals surface area contributed by atoms with Gasteiger partial charge < -0.3 is 14.9 Å². The highest BCUT2D eigenvalue weighted by atomic mass is 35.5. The second kappa shape index (κ2) is 7.02. The van der Waals surface area contributed by atoms with Crippen LogP contribution in [0.2, 0.25) is 5.02 Å². The topological polar surface area (TPSA) is 88.2 Å². The van der Waals surface area contributed by atoms with Crippen LogP contribution in [0.4, 0.5) is 0 Å². The molecule has 0 atom stereocenters. The molecule has 2 aromatic rings. The van der Waals surface area contributed by atoms with Crippen molar-refractivity contribution in [3.05, 3.63) is 35.2 Å². The van der Waals surface area contributed by atoms with Gasteiger partial charge in [-0.3, -0.25) is 4.79 Å². The van der Waals surface area contributed by atoms with Gasteiger partial charge in [-0.2, -0.15) is 4.98 Å². The number of carbonyl (C=O) groups is 1. The van der Waals surface area contributed by atoms with Crippen LogP contribution in [-0.2, 0) is 11.3 Å². The van der Waals surface area contributed by atoms with Gasteiger partial charge in [0.2, 0.25) is 11.7 Å². The monoisotopic (exact) mass is 295 g/mol. The average molecular weight is 296 g/mol. The number of carboxylic acids is 1. The van der Waals surface area contributed by atoms with Gasteiger partial charge in [-0.25, -0.2) is 0 Å². The molecule has 0 saturated carbocycles. The van der Waals surface area contributed by atoms with Crippen LogP contribution in [0.5, 0.6) is 0 Å². The Bertz CT molecular complexity index is 586. The van der Waals surface area contributed by atoms with Gasteiger partial charge in [-0.15, -0.1) is 0 Å². The van der Waals surface area contributed by atoms with Crippen molar-refractivity contribution in [2.75, 3.05) is 6.54 Å². The van der Waals surface area contributed by atoms with Crippen molar-refractivity contribution < 1.29 is 14.4 Å². The first-order chi connectivity index (χ1) is 9.65. The molecule has 0 radical (unpaired) electrons. The second-order valence-electron chi connectivity index (χ2n) is 4.20. The Kier molecular flexibility index (Phi) is 5.09. The van der Waals surface area contributed by atoms with Crippen molar-refractivity contribution in [3.8, 4) is 11.4 Å². The summed E-state index contributed by atoms with van der Waals surface area (Å²) in [5.74, 6) is 0.137. The zero-order chi connectivity index (χ0) is 14.4. The molecule has 2 N–H and O–H groups in total. The maximum absolute atomic E-state index is 10.3. The van der Waals surface area contributed by atoms with Crippen LogP contribution in [0.1, 0.15) is 18.7 Å². The second-order valence-corrected chi connectivity index (χ2v) is 4.63. The molecule has 1 aromatic carbocycles. The van der Waals surface area contributed by atoms with Gasteiger partial charge in [0, 0.05) is 17.0 Å². The van der Waals surface area contributed by atoms with Crippen molar-refractivity contribution in [1.29, 1.82) is 0 Å². The summed E-state index contributed by atoms with van der Waals surface area (Å²) in [7, 11) is 0. The van der Waals surface area contributed by atoms with Gasteiger partial charge in [0.1, 0.15) is 0 Å². The summed E-state index contributed by atoms with van der Waals surface area (Å²) in [4.78, 5) is 14.6. The smallest absolute Gasteiger partial charge is 0.303 e. The van der Waals surface area contributed by atoms with Gasteiger partial charge in [0.25, 0.3) is 0 Å². The number of nitrogens with zero attached hydrogens (tertiary/aromatic N) is 2. The number of nitrogens with one attached hydrogen (secondary N) is 1. The Morgan fingerprint density at radius 3 is 3.05 bits per heavy atom. The Hall–Kier alpha value is -1.92. The highest BCUT2D eigenvalue weighted by Crippen LogP contribution is 2.19. The number of aliphatic carboxylic acids is 1. The quantitative estimate of drug-likeness (QED) is 0.762. The van der Waals surface area contributed by atoms with E-state index in [0.29, 0.717) is 36.2 Å². The number of benzene rings is 1. The highest BCUT2D eigenvalue weighted by Gasteiger charge is 2.08. The normalized spacial score (nSPS) is 10.7. The lowest BCUT2D eigenvalue weighted by Gasteiger charge is -1.98. The average Bonchev–Trinajstić information content (AvgIpc) is 2.87. The predicted octanol–water partition coefficient (Wildman–Crippen LogP) is 2.34. The van der Waals surface area contributed by atoms with E-state index in [1.807, 2.05) is 12.1 Å². The lowest BCUT2D eigenvalue weighted by Crippen LogP contribution is -2.15. The zero-order valence-corrected chi connectivity index (χ0v) is 11.4. The minimum atomic E-state index is -0.798. The molecule has 0 amide bonds. The molecule has 1 heterocycles. The van der Waals surface area contributed by atoms with Gasteiger partial charge in [0.05, 0.1) is 6.54 Å². The molecule has 1 aromatic heterocycles. The van der Waals surface area contributed by atoms with Crippen LogP contribution in [0.15, 0.2) is 28.8 Å². The van der Waals surface area contributed by atoms with E-state index in [4.69, 9.17) is 21.2 Å². The first-order valence-corrected chi connectivity index (χ1v) is 6.54. The Morgan fingerprint density at radius 2 is 2.30 bits per heavy atom.